The fourth-order valence-corrected chi connectivity index (χ4v) is 1.91. The molecule has 0 fully saturated rings. The van der Waals surface area contributed by atoms with Gasteiger partial charge in [0.15, 0.2) is 17.4 Å². The Morgan fingerprint density at radius 1 is 1.29 bits per heavy atom. The summed E-state index contributed by atoms with van der Waals surface area (Å²) in [7, 11) is 0. The van der Waals surface area contributed by atoms with Crippen molar-refractivity contribution in [3.8, 4) is 0 Å². The third-order valence-corrected chi connectivity index (χ3v) is 2.89. The van der Waals surface area contributed by atoms with Crippen molar-refractivity contribution in [2.24, 2.45) is 0 Å². The zero-order valence-corrected chi connectivity index (χ0v) is 9.34. The summed E-state index contributed by atoms with van der Waals surface area (Å²) in [4.78, 5) is 22.6. The highest BCUT2D eigenvalue weighted by Gasteiger charge is 2.11. The van der Waals surface area contributed by atoms with Crippen molar-refractivity contribution in [3.05, 3.63) is 56.6 Å². The Hall–Kier alpha value is -1.82. The molecule has 0 spiro atoms. The van der Waals surface area contributed by atoms with Crippen LogP contribution in [0.4, 0.5) is 8.78 Å². The Morgan fingerprint density at radius 2 is 2.06 bits per heavy atom. The number of rotatable bonds is 3. The van der Waals surface area contributed by atoms with Gasteiger partial charge in [0.05, 0.1) is 6.54 Å². The van der Waals surface area contributed by atoms with Crippen LogP contribution in [0.5, 0.6) is 0 Å². The minimum absolute atomic E-state index is 0.0435. The van der Waals surface area contributed by atoms with Gasteiger partial charge in [-0.25, -0.2) is 8.78 Å². The number of halogens is 2. The zero-order valence-electron chi connectivity index (χ0n) is 8.52. The van der Waals surface area contributed by atoms with Gasteiger partial charge in [0, 0.05) is 17.1 Å². The molecular weight excluding hydrogens is 248 g/mol. The molecule has 1 aromatic carbocycles. The van der Waals surface area contributed by atoms with E-state index in [-0.39, 0.29) is 17.0 Å². The van der Waals surface area contributed by atoms with Crippen LogP contribution in [-0.2, 0) is 6.54 Å². The van der Waals surface area contributed by atoms with E-state index >= 15 is 0 Å². The SMILES string of the molecule is O=C(Cn1ccsc1=O)c1ccc(F)c(F)c1. The first-order valence-electron chi connectivity index (χ1n) is 4.70. The number of thiazole rings is 1. The van der Waals surface area contributed by atoms with Gasteiger partial charge in [-0.1, -0.05) is 11.3 Å². The number of nitrogens with zero attached hydrogens (tertiary/aromatic N) is 1. The number of hydrogen-bond donors (Lipinski definition) is 0. The van der Waals surface area contributed by atoms with E-state index in [2.05, 4.69) is 0 Å². The van der Waals surface area contributed by atoms with Gasteiger partial charge in [-0.2, -0.15) is 0 Å². The number of carbonyl (C=O) groups is 1. The average Bonchev–Trinajstić information content (AvgIpc) is 2.68. The second kappa shape index (κ2) is 4.58. The highest BCUT2D eigenvalue weighted by Crippen LogP contribution is 2.10. The fourth-order valence-electron chi connectivity index (χ4n) is 1.32. The quantitative estimate of drug-likeness (QED) is 0.787. The Labute approximate surface area is 98.9 Å². The Kier molecular flexibility index (Phi) is 3.14. The molecule has 0 N–H and O–H groups in total. The number of aromatic nitrogens is 1. The lowest BCUT2D eigenvalue weighted by molar-refractivity contribution is 0.0971. The number of ketones is 1. The van der Waals surface area contributed by atoms with Crippen molar-refractivity contribution in [1.82, 2.24) is 4.57 Å². The third-order valence-electron chi connectivity index (χ3n) is 2.20. The van der Waals surface area contributed by atoms with E-state index in [0.29, 0.717) is 0 Å². The molecule has 0 saturated carbocycles. The molecular formula is C11H7F2NO2S. The number of carbonyl (C=O) groups excluding carboxylic acids is 1. The lowest BCUT2D eigenvalue weighted by Crippen LogP contribution is -2.18. The first-order valence-corrected chi connectivity index (χ1v) is 5.58. The van der Waals surface area contributed by atoms with Crippen LogP contribution in [0.1, 0.15) is 10.4 Å². The molecule has 3 nitrogen and oxygen atoms in total. The molecule has 0 aliphatic carbocycles. The van der Waals surface area contributed by atoms with Gasteiger partial charge in [-0.15, -0.1) is 0 Å². The highest BCUT2D eigenvalue weighted by molar-refractivity contribution is 7.07. The molecule has 0 unspecified atom stereocenters. The molecule has 0 atom stereocenters. The Bertz CT molecular complexity index is 618. The number of benzene rings is 1. The molecule has 1 aromatic heterocycles. The zero-order chi connectivity index (χ0) is 12.4. The lowest BCUT2D eigenvalue weighted by Gasteiger charge is -2.02. The standard InChI is InChI=1S/C11H7F2NO2S/c12-8-2-1-7(5-9(8)13)10(15)6-14-3-4-17-11(14)16/h1-5H,6H2. The third kappa shape index (κ3) is 2.47. The summed E-state index contributed by atoms with van der Waals surface area (Å²) >= 11 is 0.968. The van der Waals surface area contributed by atoms with Crippen LogP contribution < -0.4 is 4.87 Å². The van der Waals surface area contributed by atoms with Gasteiger partial charge < -0.3 is 0 Å². The first kappa shape index (κ1) is 11.7. The molecule has 6 heteroatoms. The van der Waals surface area contributed by atoms with E-state index in [0.717, 1.165) is 23.5 Å². The molecule has 0 radical (unpaired) electrons. The minimum atomic E-state index is -1.08. The minimum Gasteiger partial charge on any atom is -0.298 e. The number of Topliss-reactive ketones (excluding diaryl/α,β-unsaturated/α-hetero) is 1. The molecule has 0 amide bonds. The maximum Gasteiger partial charge on any atom is 0.307 e. The Morgan fingerprint density at radius 3 is 2.65 bits per heavy atom. The van der Waals surface area contributed by atoms with Crippen molar-refractivity contribution in [2.75, 3.05) is 0 Å². The van der Waals surface area contributed by atoms with Gasteiger partial charge in [-0.3, -0.25) is 14.2 Å². The predicted molar refractivity (Wildman–Crippen MR) is 59.3 cm³/mol. The van der Waals surface area contributed by atoms with E-state index in [1.165, 1.54) is 16.8 Å². The summed E-state index contributed by atoms with van der Waals surface area (Å²) in [6.45, 7) is -0.173. The average molecular weight is 255 g/mol. The molecule has 0 saturated heterocycles. The van der Waals surface area contributed by atoms with Crippen molar-refractivity contribution < 1.29 is 13.6 Å². The van der Waals surface area contributed by atoms with E-state index in [9.17, 15) is 18.4 Å². The maximum atomic E-state index is 12.9. The van der Waals surface area contributed by atoms with Crippen molar-refractivity contribution in [1.29, 1.82) is 0 Å². The predicted octanol–water partition coefficient (Wildman–Crippen LogP) is 2.07. The molecule has 0 bridgehead atoms. The van der Waals surface area contributed by atoms with E-state index in [4.69, 9.17) is 0 Å². The fraction of sp³-hybridized carbons (Fsp3) is 0.0909. The van der Waals surface area contributed by atoms with Crippen molar-refractivity contribution >= 4 is 17.1 Å². The van der Waals surface area contributed by atoms with Gasteiger partial charge in [0.1, 0.15) is 0 Å². The van der Waals surface area contributed by atoms with Crippen molar-refractivity contribution in [3.63, 3.8) is 0 Å². The van der Waals surface area contributed by atoms with Crippen LogP contribution in [0.3, 0.4) is 0 Å². The van der Waals surface area contributed by atoms with Gasteiger partial charge in [0.2, 0.25) is 0 Å². The summed E-state index contributed by atoms with van der Waals surface area (Å²) in [6, 6.07) is 2.91. The van der Waals surface area contributed by atoms with Crippen LogP contribution in [0.2, 0.25) is 0 Å². The van der Waals surface area contributed by atoms with Crippen molar-refractivity contribution in [2.45, 2.75) is 6.54 Å². The monoisotopic (exact) mass is 255 g/mol. The summed E-state index contributed by atoms with van der Waals surface area (Å²) in [5.74, 6) is -2.52. The van der Waals surface area contributed by atoms with Crippen LogP contribution in [0, 0.1) is 11.6 Å². The molecule has 2 aromatic rings. The van der Waals surface area contributed by atoms with Crippen LogP contribution in [0.25, 0.3) is 0 Å². The molecule has 2 rings (SSSR count). The molecule has 0 aliphatic rings. The van der Waals surface area contributed by atoms with Gasteiger partial charge in [-0.05, 0) is 18.2 Å². The van der Waals surface area contributed by atoms with E-state index in [1.807, 2.05) is 0 Å². The number of hydrogen-bond acceptors (Lipinski definition) is 3. The normalized spacial score (nSPS) is 10.5. The van der Waals surface area contributed by atoms with Crippen LogP contribution in [0.15, 0.2) is 34.6 Å². The summed E-state index contributed by atoms with van der Waals surface area (Å²) < 4.78 is 26.8. The smallest absolute Gasteiger partial charge is 0.298 e. The second-order valence-electron chi connectivity index (χ2n) is 3.35. The maximum absolute atomic E-state index is 12.9. The second-order valence-corrected chi connectivity index (χ2v) is 4.21. The van der Waals surface area contributed by atoms with Gasteiger partial charge >= 0.3 is 4.87 Å². The Balaban J connectivity index is 2.23. The largest absolute Gasteiger partial charge is 0.307 e. The summed E-state index contributed by atoms with van der Waals surface area (Å²) in [5.41, 5.74) is 0.0435. The van der Waals surface area contributed by atoms with E-state index in [1.54, 1.807) is 5.38 Å². The van der Waals surface area contributed by atoms with Crippen LogP contribution in [-0.4, -0.2) is 10.4 Å². The molecule has 88 valence electrons. The molecule has 17 heavy (non-hydrogen) atoms. The topological polar surface area (TPSA) is 39.1 Å². The van der Waals surface area contributed by atoms with E-state index < -0.39 is 17.4 Å². The highest BCUT2D eigenvalue weighted by atomic mass is 32.1. The van der Waals surface area contributed by atoms with Gasteiger partial charge in [0.25, 0.3) is 0 Å². The summed E-state index contributed by atoms with van der Waals surface area (Å²) in [5, 5.41) is 1.56. The van der Waals surface area contributed by atoms with Crippen LogP contribution >= 0.6 is 11.3 Å². The molecule has 0 aliphatic heterocycles. The molecule has 1 heterocycles. The summed E-state index contributed by atoms with van der Waals surface area (Å²) in [6.07, 6.45) is 1.48. The lowest BCUT2D eigenvalue weighted by atomic mass is 10.1. The first-order chi connectivity index (χ1) is 8.08.